The molecule has 1 amide bonds. The van der Waals surface area contributed by atoms with E-state index < -0.39 is 0 Å². The third kappa shape index (κ3) is 4.10. The van der Waals surface area contributed by atoms with Gasteiger partial charge in [0.25, 0.3) is 5.91 Å². The van der Waals surface area contributed by atoms with Crippen molar-refractivity contribution in [2.24, 2.45) is 5.92 Å². The Bertz CT molecular complexity index is 725. The second-order valence-corrected chi connectivity index (χ2v) is 8.37. The van der Waals surface area contributed by atoms with Gasteiger partial charge in [0.05, 0.1) is 5.56 Å². The van der Waals surface area contributed by atoms with Crippen LogP contribution in [-0.4, -0.2) is 58.7 Å². The molecule has 2 atom stereocenters. The SMILES string of the molecule is O=C(c1cccnc1)N1C[C@H]2CC[C@@H](C1)N(CCSc1ccccc1)C2. The van der Waals surface area contributed by atoms with Gasteiger partial charge in [-0.25, -0.2) is 0 Å². The van der Waals surface area contributed by atoms with E-state index in [1.54, 1.807) is 12.4 Å². The third-order valence-corrected chi connectivity index (χ3v) is 6.41. The summed E-state index contributed by atoms with van der Waals surface area (Å²) in [5.74, 6) is 1.83. The lowest BCUT2D eigenvalue weighted by molar-refractivity contribution is 0.0739. The van der Waals surface area contributed by atoms with Gasteiger partial charge in [-0.1, -0.05) is 18.2 Å². The van der Waals surface area contributed by atoms with Gasteiger partial charge in [-0.15, -0.1) is 11.8 Å². The number of pyridine rings is 1. The molecule has 2 aromatic rings. The molecule has 2 bridgehead atoms. The number of amides is 1. The molecule has 5 rings (SSSR count). The maximum Gasteiger partial charge on any atom is 0.255 e. The quantitative estimate of drug-likeness (QED) is 0.759. The molecule has 3 aliphatic rings. The van der Waals surface area contributed by atoms with E-state index in [1.165, 1.54) is 17.7 Å². The first-order valence-electron chi connectivity index (χ1n) is 9.41. The summed E-state index contributed by atoms with van der Waals surface area (Å²) in [6.07, 6.45) is 5.85. The Labute approximate surface area is 159 Å². The van der Waals surface area contributed by atoms with Crippen molar-refractivity contribution in [3.05, 3.63) is 60.4 Å². The average molecular weight is 368 g/mol. The van der Waals surface area contributed by atoms with E-state index in [2.05, 4.69) is 45.1 Å². The van der Waals surface area contributed by atoms with Gasteiger partial charge in [-0.3, -0.25) is 14.7 Å². The molecule has 26 heavy (non-hydrogen) atoms. The zero-order valence-corrected chi connectivity index (χ0v) is 15.8. The monoisotopic (exact) mass is 367 g/mol. The standard InChI is InChI=1S/C21H25N3OS/c25-21(18-5-4-10-22-13-18)24-15-17-8-9-19(16-24)23(14-17)11-12-26-20-6-2-1-3-7-20/h1-7,10,13,17,19H,8-9,11-12,14-16H2/t17-,19-/m0/s1. The fourth-order valence-corrected chi connectivity index (χ4v) is 5.00. The molecule has 0 saturated carbocycles. The van der Waals surface area contributed by atoms with Crippen molar-refractivity contribution in [3.63, 3.8) is 0 Å². The van der Waals surface area contributed by atoms with Crippen molar-refractivity contribution < 1.29 is 4.79 Å². The Morgan fingerprint density at radius 2 is 1.96 bits per heavy atom. The molecule has 3 saturated heterocycles. The van der Waals surface area contributed by atoms with Gasteiger partial charge in [-0.05, 0) is 43.0 Å². The molecule has 3 fully saturated rings. The van der Waals surface area contributed by atoms with E-state index in [4.69, 9.17) is 0 Å². The molecule has 1 aromatic carbocycles. The highest BCUT2D eigenvalue weighted by Gasteiger charge is 2.36. The summed E-state index contributed by atoms with van der Waals surface area (Å²) in [7, 11) is 0. The minimum atomic E-state index is 0.135. The molecule has 0 radical (unpaired) electrons. The molecule has 3 aliphatic heterocycles. The van der Waals surface area contributed by atoms with E-state index >= 15 is 0 Å². The van der Waals surface area contributed by atoms with Crippen molar-refractivity contribution in [2.45, 2.75) is 23.8 Å². The predicted molar refractivity (Wildman–Crippen MR) is 105 cm³/mol. The molecule has 0 spiro atoms. The first-order valence-corrected chi connectivity index (χ1v) is 10.4. The maximum atomic E-state index is 12.8. The van der Waals surface area contributed by atoms with Crippen LogP contribution in [0.1, 0.15) is 23.2 Å². The smallest absolute Gasteiger partial charge is 0.255 e. The Kier molecular flexibility index (Phi) is 5.56. The van der Waals surface area contributed by atoms with E-state index in [0.717, 1.165) is 31.9 Å². The molecule has 136 valence electrons. The minimum Gasteiger partial charge on any atom is -0.337 e. The molecular formula is C21H25N3OS. The van der Waals surface area contributed by atoms with Gasteiger partial charge in [0.2, 0.25) is 0 Å². The highest BCUT2D eigenvalue weighted by atomic mass is 32.2. The topological polar surface area (TPSA) is 36.4 Å². The predicted octanol–water partition coefficient (Wildman–Crippen LogP) is 3.41. The minimum absolute atomic E-state index is 0.135. The molecule has 0 N–H and O–H groups in total. The Morgan fingerprint density at radius 1 is 1.08 bits per heavy atom. The number of carbonyl (C=O) groups is 1. The van der Waals surface area contributed by atoms with Crippen LogP contribution in [0.2, 0.25) is 0 Å². The molecular weight excluding hydrogens is 342 g/mol. The second-order valence-electron chi connectivity index (χ2n) is 7.21. The van der Waals surface area contributed by atoms with Gasteiger partial charge in [-0.2, -0.15) is 0 Å². The molecule has 4 heterocycles. The van der Waals surface area contributed by atoms with Crippen LogP contribution in [0.25, 0.3) is 0 Å². The molecule has 5 heteroatoms. The number of carbonyl (C=O) groups excluding carboxylic acids is 1. The Morgan fingerprint density at radius 3 is 2.77 bits per heavy atom. The summed E-state index contributed by atoms with van der Waals surface area (Å²) in [5.41, 5.74) is 0.708. The number of thioether (sulfide) groups is 1. The fourth-order valence-electron chi connectivity index (χ4n) is 4.09. The van der Waals surface area contributed by atoms with Gasteiger partial charge in [0.15, 0.2) is 0 Å². The van der Waals surface area contributed by atoms with Crippen LogP contribution in [0.15, 0.2) is 59.8 Å². The van der Waals surface area contributed by atoms with Crippen LogP contribution in [-0.2, 0) is 0 Å². The first kappa shape index (κ1) is 17.6. The lowest BCUT2D eigenvalue weighted by Gasteiger charge is -2.35. The maximum absolute atomic E-state index is 12.8. The number of piperidine rings is 1. The largest absolute Gasteiger partial charge is 0.337 e. The first-order chi connectivity index (χ1) is 12.8. The Balaban J connectivity index is 1.36. The highest BCUT2D eigenvalue weighted by Crippen LogP contribution is 2.29. The number of benzene rings is 1. The van der Waals surface area contributed by atoms with Gasteiger partial charge in [0.1, 0.15) is 0 Å². The lowest BCUT2D eigenvalue weighted by atomic mass is 9.95. The highest BCUT2D eigenvalue weighted by molar-refractivity contribution is 7.99. The number of hydrogen-bond donors (Lipinski definition) is 0. The zero-order valence-electron chi connectivity index (χ0n) is 15.0. The number of aromatic nitrogens is 1. The normalized spacial score (nSPS) is 23.0. The van der Waals surface area contributed by atoms with E-state index in [1.807, 2.05) is 23.9 Å². The summed E-state index contributed by atoms with van der Waals surface area (Å²) in [6, 6.07) is 14.8. The number of nitrogens with zero attached hydrogens (tertiary/aromatic N) is 3. The van der Waals surface area contributed by atoms with Crippen LogP contribution in [0, 0.1) is 5.92 Å². The zero-order chi connectivity index (χ0) is 17.8. The van der Waals surface area contributed by atoms with Crippen LogP contribution >= 0.6 is 11.8 Å². The van der Waals surface area contributed by atoms with Crippen molar-refractivity contribution in [3.8, 4) is 0 Å². The van der Waals surface area contributed by atoms with Crippen LogP contribution in [0.3, 0.4) is 0 Å². The van der Waals surface area contributed by atoms with E-state index in [-0.39, 0.29) is 5.91 Å². The fraction of sp³-hybridized carbons (Fsp3) is 0.429. The molecule has 1 aromatic heterocycles. The summed E-state index contributed by atoms with van der Waals surface area (Å²) < 4.78 is 0. The summed E-state index contributed by atoms with van der Waals surface area (Å²) >= 11 is 1.92. The number of hydrogen-bond acceptors (Lipinski definition) is 4. The average Bonchev–Trinajstić information content (AvgIpc) is 3.01. The Hall–Kier alpha value is -1.85. The summed E-state index contributed by atoms with van der Waals surface area (Å²) in [4.78, 5) is 22.9. The second kappa shape index (κ2) is 8.23. The van der Waals surface area contributed by atoms with Crippen LogP contribution in [0.5, 0.6) is 0 Å². The van der Waals surface area contributed by atoms with Crippen molar-refractivity contribution in [2.75, 3.05) is 31.9 Å². The van der Waals surface area contributed by atoms with Gasteiger partial charge >= 0.3 is 0 Å². The lowest BCUT2D eigenvalue weighted by Crippen LogP contribution is -2.45. The summed E-state index contributed by atoms with van der Waals surface area (Å²) in [6.45, 7) is 3.94. The van der Waals surface area contributed by atoms with E-state index in [0.29, 0.717) is 17.5 Å². The van der Waals surface area contributed by atoms with Gasteiger partial charge < -0.3 is 4.90 Å². The third-order valence-electron chi connectivity index (χ3n) is 5.41. The number of rotatable bonds is 5. The number of fused-ring (bicyclic) bond motifs is 4. The van der Waals surface area contributed by atoms with Crippen molar-refractivity contribution in [1.82, 2.24) is 14.8 Å². The van der Waals surface area contributed by atoms with Crippen LogP contribution in [0.4, 0.5) is 0 Å². The van der Waals surface area contributed by atoms with Crippen LogP contribution < -0.4 is 0 Å². The molecule has 0 aliphatic carbocycles. The van der Waals surface area contributed by atoms with Crippen molar-refractivity contribution >= 4 is 17.7 Å². The molecule has 0 unspecified atom stereocenters. The van der Waals surface area contributed by atoms with E-state index in [9.17, 15) is 4.79 Å². The van der Waals surface area contributed by atoms with Gasteiger partial charge in [0, 0.05) is 55.3 Å². The summed E-state index contributed by atoms with van der Waals surface area (Å²) in [5, 5.41) is 0. The molecule has 4 nitrogen and oxygen atoms in total. The van der Waals surface area contributed by atoms with Crippen molar-refractivity contribution in [1.29, 1.82) is 0 Å².